The predicted molar refractivity (Wildman–Crippen MR) is 109 cm³/mol. The summed E-state index contributed by atoms with van der Waals surface area (Å²) in [4.78, 5) is 12.5. The fourth-order valence-electron chi connectivity index (χ4n) is 3.49. The number of carbonyl (C=O) groups excluding carboxylic acids is 1. The minimum atomic E-state index is -0.121. The molecule has 0 bridgehead atoms. The second-order valence-corrected chi connectivity index (χ2v) is 7.48. The van der Waals surface area contributed by atoms with Crippen LogP contribution in [0.5, 0.6) is 23.0 Å². The first kappa shape index (κ1) is 19.4. The van der Waals surface area contributed by atoms with Gasteiger partial charge in [-0.05, 0) is 35.7 Å². The Morgan fingerprint density at radius 2 is 1.62 bits per heavy atom. The van der Waals surface area contributed by atoms with Gasteiger partial charge in [0.15, 0.2) is 23.0 Å². The van der Waals surface area contributed by atoms with Gasteiger partial charge in [-0.15, -0.1) is 0 Å². The largest absolute Gasteiger partial charge is 0.490 e. The lowest BCUT2D eigenvalue weighted by atomic mass is 9.95. The van der Waals surface area contributed by atoms with Gasteiger partial charge >= 0.3 is 0 Å². The van der Waals surface area contributed by atoms with Crippen molar-refractivity contribution in [2.45, 2.75) is 26.3 Å². The maximum atomic E-state index is 12.5. The van der Waals surface area contributed by atoms with Crippen LogP contribution in [-0.2, 0) is 4.79 Å². The lowest BCUT2D eigenvalue weighted by molar-refractivity contribution is -0.115. The van der Waals surface area contributed by atoms with E-state index in [2.05, 4.69) is 24.5 Å². The molecule has 0 saturated carbocycles. The molecule has 0 unspecified atom stereocenters. The second kappa shape index (κ2) is 8.61. The zero-order valence-corrected chi connectivity index (χ0v) is 16.7. The predicted octanol–water partition coefficient (Wildman–Crippen LogP) is 3.50. The Morgan fingerprint density at radius 3 is 2.45 bits per heavy atom. The molecular formula is C22H26N2O5. The number of rotatable bonds is 6. The van der Waals surface area contributed by atoms with Crippen molar-refractivity contribution in [2.75, 3.05) is 31.9 Å². The highest BCUT2D eigenvalue weighted by Gasteiger charge is 2.20. The molecule has 7 heteroatoms. The number of hydrogen-bond acceptors (Lipinski definition) is 6. The molecule has 2 aromatic carbocycles. The maximum absolute atomic E-state index is 12.5. The number of amides is 1. The van der Waals surface area contributed by atoms with Crippen LogP contribution in [0.1, 0.15) is 31.9 Å². The molecule has 2 aliphatic heterocycles. The van der Waals surface area contributed by atoms with Gasteiger partial charge in [-0.2, -0.15) is 0 Å². The highest BCUT2D eigenvalue weighted by molar-refractivity contribution is 5.92. The Labute approximate surface area is 170 Å². The number of ether oxygens (including phenoxy) is 4. The van der Waals surface area contributed by atoms with Gasteiger partial charge in [-0.3, -0.25) is 4.79 Å². The first-order chi connectivity index (χ1) is 14.1. The van der Waals surface area contributed by atoms with Gasteiger partial charge in [-0.1, -0.05) is 19.9 Å². The van der Waals surface area contributed by atoms with E-state index in [-0.39, 0.29) is 31.2 Å². The van der Waals surface area contributed by atoms with Crippen LogP contribution < -0.4 is 29.6 Å². The summed E-state index contributed by atoms with van der Waals surface area (Å²) < 4.78 is 22.2. The Balaban J connectivity index is 1.39. The number of anilines is 1. The van der Waals surface area contributed by atoms with E-state index in [1.165, 1.54) is 0 Å². The molecule has 0 spiro atoms. The molecule has 1 amide bonds. The van der Waals surface area contributed by atoms with E-state index in [4.69, 9.17) is 18.9 Å². The first-order valence-corrected chi connectivity index (χ1v) is 9.92. The van der Waals surface area contributed by atoms with Crippen molar-refractivity contribution in [1.29, 1.82) is 0 Å². The van der Waals surface area contributed by atoms with Crippen LogP contribution in [0, 0.1) is 5.92 Å². The van der Waals surface area contributed by atoms with E-state index < -0.39 is 0 Å². The molecule has 7 nitrogen and oxygen atoms in total. The topological polar surface area (TPSA) is 78.1 Å². The van der Waals surface area contributed by atoms with Gasteiger partial charge in [0.1, 0.15) is 0 Å². The van der Waals surface area contributed by atoms with E-state index >= 15 is 0 Å². The molecule has 0 radical (unpaired) electrons. The van der Waals surface area contributed by atoms with E-state index in [0.717, 1.165) is 23.5 Å². The highest BCUT2D eigenvalue weighted by atomic mass is 16.7. The van der Waals surface area contributed by atoms with Crippen molar-refractivity contribution in [3.05, 3.63) is 42.0 Å². The van der Waals surface area contributed by atoms with Crippen molar-refractivity contribution in [3.63, 3.8) is 0 Å². The number of hydrogen-bond donors (Lipinski definition) is 2. The molecule has 0 aliphatic carbocycles. The fourth-order valence-corrected chi connectivity index (χ4v) is 3.49. The quantitative estimate of drug-likeness (QED) is 0.776. The Hall–Kier alpha value is -2.93. The monoisotopic (exact) mass is 398 g/mol. The third-order valence-electron chi connectivity index (χ3n) is 4.94. The Kier molecular flexibility index (Phi) is 5.76. The standard InChI is InChI=1S/C22H26N2O5/c1-14(2)22(15-4-6-17-19(10-15)27-9-3-8-26-17)23-12-21(25)24-16-5-7-18-20(11-16)29-13-28-18/h4-7,10-11,14,22-23H,3,8-9,12-13H2,1-2H3,(H,24,25)/t22-/m1/s1. The van der Waals surface area contributed by atoms with Crippen LogP contribution in [-0.4, -0.2) is 32.5 Å². The average Bonchev–Trinajstić information content (AvgIpc) is 3.04. The minimum Gasteiger partial charge on any atom is -0.490 e. The van der Waals surface area contributed by atoms with Crippen LogP contribution >= 0.6 is 0 Å². The molecule has 0 saturated heterocycles. The van der Waals surface area contributed by atoms with Crippen molar-refractivity contribution in [1.82, 2.24) is 5.32 Å². The molecule has 2 aliphatic rings. The van der Waals surface area contributed by atoms with Gasteiger partial charge in [-0.25, -0.2) is 0 Å². The van der Waals surface area contributed by atoms with Gasteiger partial charge in [0, 0.05) is 24.2 Å². The van der Waals surface area contributed by atoms with Gasteiger partial charge in [0.25, 0.3) is 0 Å². The normalized spacial score (nSPS) is 15.7. The lowest BCUT2D eigenvalue weighted by Gasteiger charge is -2.23. The van der Waals surface area contributed by atoms with Crippen LogP contribution in [0.15, 0.2) is 36.4 Å². The Bertz CT molecular complexity index is 884. The molecule has 2 heterocycles. The van der Waals surface area contributed by atoms with Crippen LogP contribution in [0.3, 0.4) is 0 Å². The summed E-state index contributed by atoms with van der Waals surface area (Å²) in [5.74, 6) is 3.03. The van der Waals surface area contributed by atoms with E-state index in [1.54, 1.807) is 18.2 Å². The summed E-state index contributed by atoms with van der Waals surface area (Å²) in [5.41, 5.74) is 1.75. The molecule has 1 atom stereocenters. The number of benzene rings is 2. The maximum Gasteiger partial charge on any atom is 0.238 e. The number of nitrogens with one attached hydrogen (secondary N) is 2. The second-order valence-electron chi connectivity index (χ2n) is 7.48. The first-order valence-electron chi connectivity index (χ1n) is 9.92. The van der Waals surface area contributed by atoms with E-state index in [0.29, 0.717) is 30.4 Å². The lowest BCUT2D eigenvalue weighted by Crippen LogP contribution is -2.33. The third kappa shape index (κ3) is 4.56. The van der Waals surface area contributed by atoms with E-state index in [9.17, 15) is 4.79 Å². The number of fused-ring (bicyclic) bond motifs is 2. The molecule has 154 valence electrons. The molecule has 29 heavy (non-hydrogen) atoms. The van der Waals surface area contributed by atoms with Gasteiger partial charge in [0.2, 0.25) is 12.7 Å². The summed E-state index contributed by atoms with van der Waals surface area (Å²) >= 11 is 0. The molecule has 4 rings (SSSR count). The summed E-state index contributed by atoms with van der Waals surface area (Å²) in [6.45, 7) is 5.95. The molecule has 0 fully saturated rings. The summed E-state index contributed by atoms with van der Waals surface area (Å²) in [7, 11) is 0. The van der Waals surface area contributed by atoms with Crippen molar-refractivity contribution >= 4 is 11.6 Å². The third-order valence-corrected chi connectivity index (χ3v) is 4.94. The van der Waals surface area contributed by atoms with Crippen molar-refractivity contribution in [3.8, 4) is 23.0 Å². The summed E-state index contributed by atoms with van der Waals surface area (Å²) in [6, 6.07) is 11.4. The Morgan fingerprint density at radius 1 is 0.931 bits per heavy atom. The van der Waals surface area contributed by atoms with Crippen molar-refractivity contribution < 1.29 is 23.7 Å². The zero-order chi connectivity index (χ0) is 20.2. The molecule has 2 aromatic rings. The van der Waals surface area contributed by atoms with Crippen LogP contribution in [0.4, 0.5) is 5.69 Å². The SMILES string of the molecule is CC(C)[C@@H](NCC(=O)Nc1ccc2c(c1)OCO2)c1ccc2c(c1)OCCCO2. The van der Waals surface area contributed by atoms with Gasteiger partial charge in [0.05, 0.1) is 19.8 Å². The number of carbonyl (C=O) groups is 1. The van der Waals surface area contributed by atoms with Crippen LogP contribution in [0.2, 0.25) is 0 Å². The molecule has 0 aromatic heterocycles. The summed E-state index contributed by atoms with van der Waals surface area (Å²) in [5, 5.41) is 6.26. The fraction of sp³-hybridized carbons (Fsp3) is 0.409. The molecule has 2 N–H and O–H groups in total. The smallest absolute Gasteiger partial charge is 0.238 e. The minimum absolute atomic E-state index is 0.00894. The van der Waals surface area contributed by atoms with E-state index in [1.807, 2.05) is 18.2 Å². The zero-order valence-electron chi connectivity index (χ0n) is 16.7. The van der Waals surface area contributed by atoms with Crippen molar-refractivity contribution in [2.24, 2.45) is 5.92 Å². The highest BCUT2D eigenvalue weighted by Crippen LogP contribution is 2.35. The van der Waals surface area contributed by atoms with Gasteiger partial charge < -0.3 is 29.6 Å². The average molecular weight is 398 g/mol. The summed E-state index contributed by atoms with van der Waals surface area (Å²) in [6.07, 6.45) is 0.871. The van der Waals surface area contributed by atoms with Crippen LogP contribution in [0.25, 0.3) is 0 Å². The molecular weight excluding hydrogens is 372 g/mol.